The van der Waals surface area contributed by atoms with Gasteiger partial charge in [-0.1, -0.05) is 43.3 Å². The van der Waals surface area contributed by atoms with Crippen LogP contribution in [-0.2, 0) is 26.4 Å². The van der Waals surface area contributed by atoms with Crippen molar-refractivity contribution in [3.05, 3.63) is 59.7 Å². The van der Waals surface area contributed by atoms with Crippen LogP contribution in [0.2, 0.25) is 0 Å². The molecule has 3 rings (SSSR count). The Bertz CT molecular complexity index is 1470. The molecule has 4 atom stereocenters. The van der Waals surface area contributed by atoms with Gasteiger partial charge in [-0.3, -0.25) is 13.7 Å². The Labute approximate surface area is 230 Å². The van der Waals surface area contributed by atoms with Crippen molar-refractivity contribution in [1.29, 1.82) is 0 Å². The summed E-state index contributed by atoms with van der Waals surface area (Å²) in [6, 6.07) is 8.60. The monoisotopic (exact) mass is 627 g/mol. The largest absolute Gasteiger partial charge is 0.451 e. The van der Waals surface area contributed by atoms with E-state index in [1.54, 1.807) is 37.3 Å². The SMILES string of the molecule is CC/C=C(/COP(=O)(O)CP(=O)(O)O)[C@@H](O)[C@H](F)[C@@H](O)n1cnc2c(NCc3ccccc3)nc(C(F)(F)F)nc21. The third kappa shape index (κ3) is 8.87. The molecule has 0 aliphatic heterocycles. The van der Waals surface area contributed by atoms with Crippen LogP contribution in [0.1, 0.15) is 31.0 Å². The van der Waals surface area contributed by atoms with Gasteiger partial charge in [-0.05, 0) is 17.6 Å². The number of nitrogens with zero attached hydrogens (tertiary/aromatic N) is 4. The summed E-state index contributed by atoms with van der Waals surface area (Å²) in [6.45, 7) is 0.647. The highest BCUT2D eigenvalue weighted by Crippen LogP contribution is 2.55. The first-order valence-corrected chi connectivity index (χ1v) is 15.4. The van der Waals surface area contributed by atoms with Gasteiger partial charge in [-0.25, -0.2) is 19.3 Å². The lowest BCUT2D eigenvalue weighted by molar-refractivity contribution is -0.144. The van der Waals surface area contributed by atoms with Crippen LogP contribution in [-0.4, -0.2) is 69.2 Å². The Hall–Kier alpha value is -2.75. The van der Waals surface area contributed by atoms with E-state index in [2.05, 4.69) is 24.8 Å². The lowest BCUT2D eigenvalue weighted by Crippen LogP contribution is -2.34. The fourth-order valence-corrected chi connectivity index (χ4v) is 6.18. The van der Waals surface area contributed by atoms with Gasteiger partial charge in [0.25, 0.3) is 0 Å². The van der Waals surface area contributed by atoms with Crippen LogP contribution in [0, 0.1) is 0 Å². The molecule has 3 aromatic rings. The highest BCUT2D eigenvalue weighted by molar-refractivity contribution is 7.70. The Morgan fingerprint density at radius 1 is 1.15 bits per heavy atom. The average molecular weight is 627 g/mol. The molecule has 0 saturated carbocycles. The van der Waals surface area contributed by atoms with Crippen LogP contribution >= 0.6 is 15.2 Å². The van der Waals surface area contributed by atoms with E-state index >= 15 is 4.39 Å². The Morgan fingerprint density at radius 3 is 2.39 bits per heavy atom. The average Bonchev–Trinajstić information content (AvgIpc) is 3.31. The first-order chi connectivity index (χ1) is 19.0. The lowest BCUT2D eigenvalue weighted by Gasteiger charge is -2.25. The number of benzene rings is 1. The molecular formula is C22H27F4N5O8P2. The van der Waals surface area contributed by atoms with Gasteiger partial charge in [0.15, 0.2) is 35.3 Å². The van der Waals surface area contributed by atoms with Crippen LogP contribution in [0.3, 0.4) is 0 Å². The first-order valence-electron chi connectivity index (χ1n) is 11.8. The number of fused-ring (bicyclic) bond motifs is 1. The van der Waals surface area contributed by atoms with Crippen LogP contribution in [0.15, 0.2) is 48.3 Å². The van der Waals surface area contributed by atoms with E-state index in [9.17, 15) is 37.4 Å². The summed E-state index contributed by atoms with van der Waals surface area (Å²) in [7, 11) is -9.83. The van der Waals surface area contributed by atoms with Crippen molar-refractivity contribution in [1.82, 2.24) is 19.5 Å². The summed E-state index contributed by atoms with van der Waals surface area (Å²) in [5, 5.41) is 24.0. The number of hydrogen-bond acceptors (Lipinski definition) is 9. The quantitative estimate of drug-likeness (QED) is 0.0919. The molecule has 13 nitrogen and oxygen atoms in total. The first kappa shape index (κ1) is 32.8. The number of imidazole rings is 1. The van der Waals surface area contributed by atoms with E-state index in [0.717, 1.165) is 6.33 Å². The van der Waals surface area contributed by atoms with Crippen molar-refractivity contribution in [2.45, 2.75) is 44.6 Å². The summed E-state index contributed by atoms with van der Waals surface area (Å²) in [6.07, 6.45) is -10.1. The fraction of sp³-hybridized carbons (Fsp3) is 0.409. The molecular weight excluding hydrogens is 600 g/mol. The zero-order valence-corrected chi connectivity index (χ0v) is 23.0. The molecule has 0 spiro atoms. The highest BCUT2D eigenvalue weighted by atomic mass is 31.2. The number of rotatable bonds is 13. The number of anilines is 1. The van der Waals surface area contributed by atoms with Gasteiger partial charge in [0, 0.05) is 6.54 Å². The molecule has 6 N–H and O–H groups in total. The standard InChI is InChI=1S/C22H27F4N5O8P2/c1-2-6-14(10-39-41(37,38)12-40(34,35)36)17(32)15(23)20(33)31-11-28-16-18(27-9-13-7-4-3-5-8-13)29-21(22(24,25)26)30-19(16)31/h3-8,11,15,17,20,32-33H,2,9-10,12H2,1H3,(H,37,38)(H,27,29,30)(H2,34,35,36)/b14-6-/t15-,17+,20+/m0/s1. The van der Waals surface area contributed by atoms with Gasteiger partial charge in [0.2, 0.25) is 5.82 Å². The lowest BCUT2D eigenvalue weighted by atomic mass is 10.0. The molecule has 1 aromatic carbocycles. The number of nitrogens with one attached hydrogen (secondary N) is 1. The number of halogens is 4. The fourth-order valence-electron chi connectivity index (χ4n) is 3.64. The smallest absolute Gasteiger partial charge is 0.385 e. The molecule has 1 unspecified atom stereocenters. The second kappa shape index (κ2) is 13.0. The summed E-state index contributed by atoms with van der Waals surface area (Å²) in [4.78, 5) is 38.3. The second-order valence-electron chi connectivity index (χ2n) is 8.76. The molecule has 2 aromatic heterocycles. The minimum absolute atomic E-state index is 0.0476. The van der Waals surface area contributed by atoms with Crippen molar-refractivity contribution >= 4 is 32.2 Å². The normalized spacial score (nSPS) is 16.8. The molecule has 41 heavy (non-hydrogen) atoms. The van der Waals surface area contributed by atoms with Crippen molar-refractivity contribution in [3.8, 4) is 0 Å². The van der Waals surface area contributed by atoms with E-state index in [4.69, 9.17) is 9.79 Å². The molecule has 0 aliphatic carbocycles. The third-order valence-corrected chi connectivity index (χ3v) is 8.93. The van der Waals surface area contributed by atoms with Gasteiger partial charge in [0.1, 0.15) is 6.10 Å². The summed E-state index contributed by atoms with van der Waals surface area (Å²) in [5.74, 6) is -3.48. The van der Waals surface area contributed by atoms with Crippen LogP contribution in [0.5, 0.6) is 0 Å². The maximum Gasteiger partial charge on any atom is 0.451 e. The van der Waals surface area contributed by atoms with E-state index < -0.39 is 63.9 Å². The zero-order valence-electron chi connectivity index (χ0n) is 21.3. The van der Waals surface area contributed by atoms with E-state index in [1.807, 2.05) is 0 Å². The summed E-state index contributed by atoms with van der Waals surface area (Å²) in [5.41, 5.74) is -0.519. The van der Waals surface area contributed by atoms with Crippen molar-refractivity contribution in [2.75, 3.05) is 17.8 Å². The molecule has 0 saturated heterocycles. The number of allylic oxidation sites excluding steroid dienone is 1. The number of alkyl halides is 4. The Balaban J connectivity index is 1.90. The highest BCUT2D eigenvalue weighted by Gasteiger charge is 2.38. The van der Waals surface area contributed by atoms with Crippen molar-refractivity contribution in [3.63, 3.8) is 0 Å². The molecule has 0 fully saturated rings. The van der Waals surface area contributed by atoms with Gasteiger partial charge in [0.05, 0.1) is 12.9 Å². The van der Waals surface area contributed by atoms with Gasteiger partial charge in [-0.15, -0.1) is 0 Å². The maximum absolute atomic E-state index is 15.4. The Kier molecular flexibility index (Phi) is 10.4. The zero-order chi connectivity index (χ0) is 30.6. The number of aromatic nitrogens is 4. The molecule has 2 heterocycles. The molecule has 0 amide bonds. The molecule has 0 bridgehead atoms. The summed E-state index contributed by atoms with van der Waals surface area (Å²) >= 11 is 0. The molecule has 226 valence electrons. The van der Waals surface area contributed by atoms with Crippen molar-refractivity contribution < 1.29 is 56.1 Å². The van der Waals surface area contributed by atoms with Gasteiger partial charge >= 0.3 is 21.4 Å². The van der Waals surface area contributed by atoms with Crippen LogP contribution in [0.4, 0.5) is 23.4 Å². The number of aliphatic hydroxyl groups excluding tert-OH is 2. The maximum atomic E-state index is 15.4. The number of aliphatic hydroxyl groups is 2. The second-order valence-corrected chi connectivity index (χ2v) is 12.8. The predicted molar refractivity (Wildman–Crippen MR) is 137 cm³/mol. The van der Waals surface area contributed by atoms with E-state index in [-0.39, 0.29) is 29.9 Å². The van der Waals surface area contributed by atoms with Crippen molar-refractivity contribution in [2.24, 2.45) is 0 Å². The van der Waals surface area contributed by atoms with E-state index in [1.165, 1.54) is 6.08 Å². The topological polar surface area (TPSA) is 200 Å². The minimum Gasteiger partial charge on any atom is -0.385 e. The third-order valence-electron chi connectivity index (χ3n) is 5.49. The van der Waals surface area contributed by atoms with Crippen LogP contribution < -0.4 is 5.32 Å². The van der Waals surface area contributed by atoms with Gasteiger partial charge in [-0.2, -0.15) is 13.2 Å². The van der Waals surface area contributed by atoms with Gasteiger partial charge < -0.3 is 34.7 Å². The minimum atomic E-state index is -5.02. The summed E-state index contributed by atoms with van der Waals surface area (Å²) < 4.78 is 84.3. The molecule has 0 radical (unpaired) electrons. The molecule has 19 heteroatoms. The predicted octanol–water partition coefficient (Wildman–Crippen LogP) is 3.32. The van der Waals surface area contributed by atoms with Crippen LogP contribution in [0.25, 0.3) is 11.2 Å². The van der Waals surface area contributed by atoms with E-state index in [0.29, 0.717) is 10.1 Å². The Morgan fingerprint density at radius 2 is 1.80 bits per heavy atom. The number of hydrogen-bond donors (Lipinski definition) is 6. The molecule has 0 aliphatic rings.